The van der Waals surface area contributed by atoms with Gasteiger partial charge in [0.25, 0.3) is 0 Å². The van der Waals surface area contributed by atoms with Crippen molar-refractivity contribution in [3.63, 3.8) is 0 Å². The highest BCUT2D eigenvalue weighted by Crippen LogP contribution is 2.48. The third-order valence-corrected chi connectivity index (χ3v) is 11.0. The minimum Gasteiger partial charge on any atom is -0.456 e. The summed E-state index contributed by atoms with van der Waals surface area (Å²) < 4.78 is 9.00. The standard InChI is InChI=1S/C44H29NOS/c1-2-13-30-27-42-37(25-29(30)12-1)36-26-31(23-24-41(36)46-42)33-16-5-7-19-38(33)45(39-20-9-14-28-11-3-4-15-32(28)39)40-21-10-18-35-34-17-6-8-22-43(34)47-44(35)40/h1-13,15-28H,14H2. The van der Waals surface area contributed by atoms with Gasteiger partial charge in [-0.3, -0.25) is 0 Å². The van der Waals surface area contributed by atoms with Crippen LogP contribution in [0.3, 0.4) is 0 Å². The molecule has 0 fully saturated rings. The highest BCUT2D eigenvalue weighted by atomic mass is 32.1. The highest BCUT2D eigenvalue weighted by Gasteiger charge is 2.27. The fourth-order valence-corrected chi connectivity index (χ4v) is 8.74. The van der Waals surface area contributed by atoms with Crippen LogP contribution in [0.5, 0.6) is 0 Å². The van der Waals surface area contributed by atoms with E-state index < -0.39 is 0 Å². The Labute approximate surface area is 276 Å². The van der Waals surface area contributed by atoms with Gasteiger partial charge in [-0.25, -0.2) is 0 Å². The number of allylic oxidation sites excluding steroid dienone is 7. The van der Waals surface area contributed by atoms with E-state index in [2.05, 4.69) is 163 Å². The molecule has 6 aromatic carbocycles. The summed E-state index contributed by atoms with van der Waals surface area (Å²) in [5.41, 5.74) is 9.11. The fraction of sp³-hybridized carbons (Fsp3) is 0.0455. The molecule has 0 saturated carbocycles. The minimum absolute atomic E-state index is 0.361. The number of benzene rings is 6. The molecule has 0 aliphatic heterocycles. The number of hydrogen-bond donors (Lipinski definition) is 0. The minimum atomic E-state index is 0.361. The zero-order valence-corrected chi connectivity index (χ0v) is 26.4. The summed E-state index contributed by atoms with van der Waals surface area (Å²) in [5, 5.41) is 7.30. The molecule has 1 atom stereocenters. The molecule has 10 rings (SSSR count). The van der Waals surface area contributed by atoms with Gasteiger partial charge in [0.05, 0.1) is 16.1 Å². The normalized spacial score (nSPS) is 15.9. The van der Waals surface area contributed by atoms with Crippen LogP contribution >= 0.6 is 11.3 Å². The molecule has 2 nitrogen and oxygen atoms in total. The number of thiophene rings is 1. The lowest BCUT2D eigenvalue weighted by molar-refractivity contribution is 0.669. The van der Waals surface area contributed by atoms with E-state index in [0.29, 0.717) is 5.92 Å². The summed E-state index contributed by atoms with van der Waals surface area (Å²) in [7, 11) is 0. The van der Waals surface area contributed by atoms with Crippen LogP contribution in [-0.4, -0.2) is 0 Å². The third-order valence-electron chi connectivity index (χ3n) is 9.75. The predicted octanol–water partition coefficient (Wildman–Crippen LogP) is 12.9. The van der Waals surface area contributed by atoms with E-state index in [9.17, 15) is 0 Å². The second kappa shape index (κ2) is 10.4. The largest absolute Gasteiger partial charge is 0.456 e. The smallest absolute Gasteiger partial charge is 0.136 e. The lowest BCUT2D eigenvalue weighted by Gasteiger charge is -2.34. The van der Waals surface area contributed by atoms with E-state index >= 15 is 0 Å². The Bertz CT molecular complexity index is 2680. The predicted molar refractivity (Wildman–Crippen MR) is 201 cm³/mol. The van der Waals surface area contributed by atoms with Crippen LogP contribution < -0.4 is 4.90 Å². The average molecular weight is 620 g/mol. The molecule has 0 bridgehead atoms. The van der Waals surface area contributed by atoms with Crippen LogP contribution in [0.4, 0.5) is 11.4 Å². The number of hydrogen-bond acceptors (Lipinski definition) is 3. The molecule has 8 aromatic rings. The molecule has 2 aromatic heterocycles. The molecule has 0 radical (unpaired) electrons. The molecule has 2 aliphatic carbocycles. The summed E-state index contributed by atoms with van der Waals surface area (Å²) >= 11 is 1.88. The van der Waals surface area contributed by atoms with Gasteiger partial charge in [-0.1, -0.05) is 109 Å². The van der Waals surface area contributed by atoms with E-state index in [-0.39, 0.29) is 0 Å². The number of fused-ring (bicyclic) bond motifs is 8. The Morgan fingerprint density at radius 1 is 0.617 bits per heavy atom. The Balaban J connectivity index is 1.23. The van der Waals surface area contributed by atoms with Gasteiger partial charge in [-0.15, -0.1) is 11.3 Å². The summed E-state index contributed by atoms with van der Waals surface area (Å²) in [5.74, 6) is 0.361. The van der Waals surface area contributed by atoms with E-state index in [0.717, 1.165) is 34.0 Å². The molecular weight excluding hydrogens is 591 g/mol. The van der Waals surface area contributed by atoms with Crippen molar-refractivity contribution in [2.24, 2.45) is 5.92 Å². The van der Waals surface area contributed by atoms with Gasteiger partial charge in [0.15, 0.2) is 0 Å². The van der Waals surface area contributed by atoms with E-state index in [1.807, 2.05) is 11.3 Å². The Morgan fingerprint density at radius 2 is 1.40 bits per heavy atom. The van der Waals surface area contributed by atoms with Crippen LogP contribution in [0.1, 0.15) is 6.42 Å². The monoisotopic (exact) mass is 619 g/mol. The van der Waals surface area contributed by atoms with Crippen LogP contribution in [-0.2, 0) is 0 Å². The maximum atomic E-state index is 6.39. The van der Waals surface area contributed by atoms with Crippen LogP contribution in [0.25, 0.3) is 64.0 Å². The number of rotatable bonds is 4. The Hall–Kier alpha value is -5.64. The van der Waals surface area contributed by atoms with Crippen molar-refractivity contribution in [2.45, 2.75) is 6.42 Å². The maximum Gasteiger partial charge on any atom is 0.136 e. The van der Waals surface area contributed by atoms with Crippen molar-refractivity contribution in [1.29, 1.82) is 0 Å². The molecule has 47 heavy (non-hydrogen) atoms. The first-order valence-corrected chi connectivity index (χ1v) is 17.0. The molecule has 0 spiro atoms. The number of para-hydroxylation sites is 1. The van der Waals surface area contributed by atoms with Crippen LogP contribution in [0.2, 0.25) is 0 Å². The van der Waals surface area contributed by atoms with Gasteiger partial charge in [-0.05, 0) is 76.9 Å². The molecular formula is C44H29NOS. The van der Waals surface area contributed by atoms with E-state index in [4.69, 9.17) is 4.42 Å². The van der Waals surface area contributed by atoms with Crippen molar-refractivity contribution in [1.82, 2.24) is 0 Å². The number of nitrogens with zero attached hydrogens (tertiary/aromatic N) is 1. The topological polar surface area (TPSA) is 16.4 Å². The first kappa shape index (κ1) is 26.6. The zero-order valence-electron chi connectivity index (χ0n) is 25.6. The van der Waals surface area contributed by atoms with Crippen molar-refractivity contribution >= 4 is 75.6 Å². The van der Waals surface area contributed by atoms with Gasteiger partial charge in [-0.2, -0.15) is 0 Å². The lowest BCUT2D eigenvalue weighted by Crippen LogP contribution is -2.22. The quantitative estimate of drug-likeness (QED) is 0.195. The SMILES string of the molecule is C1=CC2=C(N(c3ccccc3-c3ccc4oc5cc6ccccc6cc5c4c3)c3cccc4c3sc3ccccc34)C=CCC2C=C1. The first-order valence-electron chi connectivity index (χ1n) is 16.2. The molecule has 0 amide bonds. The van der Waals surface area contributed by atoms with Gasteiger partial charge in [0.1, 0.15) is 11.2 Å². The van der Waals surface area contributed by atoms with E-state index in [1.54, 1.807) is 0 Å². The second-order valence-corrected chi connectivity index (χ2v) is 13.5. The molecule has 2 heterocycles. The van der Waals surface area contributed by atoms with Crippen molar-refractivity contribution in [2.75, 3.05) is 4.90 Å². The summed E-state index contributed by atoms with van der Waals surface area (Å²) in [6.07, 6.45) is 14.7. The van der Waals surface area contributed by atoms with Crippen molar-refractivity contribution in [3.05, 3.63) is 169 Å². The highest BCUT2D eigenvalue weighted by molar-refractivity contribution is 7.26. The van der Waals surface area contributed by atoms with E-state index in [1.165, 1.54) is 59.0 Å². The van der Waals surface area contributed by atoms with Gasteiger partial charge in [0.2, 0.25) is 0 Å². The Morgan fingerprint density at radius 3 is 2.36 bits per heavy atom. The van der Waals surface area contributed by atoms with Crippen molar-refractivity contribution in [3.8, 4) is 11.1 Å². The molecule has 0 N–H and O–H groups in total. The van der Waals surface area contributed by atoms with Gasteiger partial charge >= 0.3 is 0 Å². The average Bonchev–Trinajstić information content (AvgIpc) is 3.69. The number of anilines is 2. The number of furan rings is 1. The van der Waals surface area contributed by atoms with Crippen LogP contribution in [0, 0.1) is 5.92 Å². The van der Waals surface area contributed by atoms with Crippen LogP contribution in [0.15, 0.2) is 173 Å². The fourth-order valence-electron chi connectivity index (χ4n) is 7.53. The summed E-state index contributed by atoms with van der Waals surface area (Å²) in [6, 6.07) is 44.0. The first-order chi connectivity index (χ1) is 23.3. The zero-order chi connectivity index (χ0) is 30.9. The maximum absolute atomic E-state index is 6.39. The summed E-state index contributed by atoms with van der Waals surface area (Å²) in [4.78, 5) is 2.51. The lowest BCUT2D eigenvalue weighted by atomic mass is 9.85. The molecule has 222 valence electrons. The molecule has 1 unspecified atom stereocenters. The Kier molecular flexibility index (Phi) is 5.91. The third kappa shape index (κ3) is 4.17. The van der Waals surface area contributed by atoms with Gasteiger partial charge < -0.3 is 9.32 Å². The summed E-state index contributed by atoms with van der Waals surface area (Å²) in [6.45, 7) is 0. The molecule has 3 heteroatoms. The molecule has 2 aliphatic rings. The van der Waals surface area contributed by atoms with Crippen molar-refractivity contribution < 1.29 is 4.42 Å². The van der Waals surface area contributed by atoms with Gasteiger partial charge in [0, 0.05) is 43.4 Å². The molecule has 0 saturated heterocycles. The second-order valence-electron chi connectivity index (χ2n) is 12.4.